The second-order valence-electron chi connectivity index (χ2n) is 4.84. The van der Waals surface area contributed by atoms with Gasteiger partial charge in [-0.3, -0.25) is 4.79 Å². The van der Waals surface area contributed by atoms with Crippen LogP contribution in [0.15, 0.2) is 0 Å². The van der Waals surface area contributed by atoms with Gasteiger partial charge >= 0.3 is 0 Å². The van der Waals surface area contributed by atoms with Crippen LogP contribution in [-0.2, 0) is 4.79 Å². The Morgan fingerprint density at radius 3 is 2.65 bits per heavy atom. The molecule has 0 aromatic carbocycles. The lowest BCUT2D eigenvalue weighted by Gasteiger charge is -2.31. The molecule has 100 valence electrons. The average molecular weight is 242 g/mol. The van der Waals surface area contributed by atoms with Crippen LogP contribution in [0, 0.1) is 5.92 Å². The van der Waals surface area contributed by atoms with Gasteiger partial charge in [0.1, 0.15) is 0 Å². The number of amides is 1. The van der Waals surface area contributed by atoms with Crippen molar-refractivity contribution in [2.24, 2.45) is 5.92 Å². The van der Waals surface area contributed by atoms with Gasteiger partial charge in [0.25, 0.3) is 0 Å². The van der Waals surface area contributed by atoms with Gasteiger partial charge in [0.05, 0.1) is 6.61 Å². The Hall–Kier alpha value is -0.610. The molecule has 1 saturated heterocycles. The number of hydrogen-bond acceptors (Lipinski definition) is 3. The van der Waals surface area contributed by atoms with Gasteiger partial charge in [0.2, 0.25) is 5.91 Å². The third-order valence-electron chi connectivity index (χ3n) is 3.67. The third kappa shape index (κ3) is 4.28. The molecule has 1 aliphatic heterocycles. The van der Waals surface area contributed by atoms with Gasteiger partial charge in [0.15, 0.2) is 0 Å². The second kappa shape index (κ2) is 7.67. The number of aliphatic hydroxyl groups is 1. The minimum absolute atomic E-state index is 0.0607. The van der Waals surface area contributed by atoms with Crippen LogP contribution in [0.2, 0.25) is 0 Å². The van der Waals surface area contributed by atoms with E-state index < -0.39 is 0 Å². The summed E-state index contributed by atoms with van der Waals surface area (Å²) in [5, 5.41) is 12.4. The molecule has 17 heavy (non-hydrogen) atoms. The van der Waals surface area contributed by atoms with Crippen LogP contribution in [0.25, 0.3) is 0 Å². The van der Waals surface area contributed by atoms with E-state index in [1.165, 1.54) is 0 Å². The van der Waals surface area contributed by atoms with E-state index in [0.717, 1.165) is 32.4 Å². The number of rotatable bonds is 7. The van der Waals surface area contributed by atoms with Crippen molar-refractivity contribution >= 4 is 5.91 Å². The molecule has 1 atom stereocenters. The van der Waals surface area contributed by atoms with Gasteiger partial charge in [0, 0.05) is 19.0 Å². The molecule has 0 aromatic heterocycles. The van der Waals surface area contributed by atoms with Gasteiger partial charge < -0.3 is 15.3 Å². The summed E-state index contributed by atoms with van der Waals surface area (Å²) in [6.07, 6.45) is 3.65. The summed E-state index contributed by atoms with van der Waals surface area (Å²) >= 11 is 0. The summed E-state index contributed by atoms with van der Waals surface area (Å²) in [7, 11) is 0. The molecular formula is C13H26N2O2. The fourth-order valence-electron chi connectivity index (χ4n) is 2.60. The highest BCUT2D eigenvalue weighted by molar-refractivity contribution is 5.76. The van der Waals surface area contributed by atoms with Crippen LogP contribution in [0.5, 0.6) is 0 Å². The quantitative estimate of drug-likeness (QED) is 0.700. The van der Waals surface area contributed by atoms with Crippen molar-refractivity contribution in [3.05, 3.63) is 0 Å². The SMILES string of the molecule is CCC(CC)N(CCO)C(=O)CC1CCNC1. The summed E-state index contributed by atoms with van der Waals surface area (Å²) in [6, 6.07) is 0.281. The van der Waals surface area contributed by atoms with E-state index in [0.29, 0.717) is 18.9 Å². The zero-order valence-corrected chi connectivity index (χ0v) is 11.1. The largest absolute Gasteiger partial charge is 0.395 e. The summed E-state index contributed by atoms with van der Waals surface area (Å²) in [5.74, 6) is 0.694. The molecule has 4 heteroatoms. The first-order valence-corrected chi connectivity index (χ1v) is 6.83. The predicted molar refractivity (Wildman–Crippen MR) is 68.8 cm³/mol. The van der Waals surface area contributed by atoms with Crippen LogP contribution in [-0.4, -0.2) is 48.2 Å². The molecule has 0 aromatic rings. The highest BCUT2D eigenvalue weighted by Crippen LogP contribution is 2.17. The highest BCUT2D eigenvalue weighted by Gasteiger charge is 2.24. The fourth-order valence-corrected chi connectivity index (χ4v) is 2.60. The Kier molecular flexibility index (Phi) is 6.52. The third-order valence-corrected chi connectivity index (χ3v) is 3.67. The number of nitrogens with one attached hydrogen (secondary N) is 1. The zero-order valence-electron chi connectivity index (χ0n) is 11.1. The van der Waals surface area contributed by atoms with Crippen LogP contribution in [0.4, 0.5) is 0 Å². The van der Waals surface area contributed by atoms with Gasteiger partial charge in [-0.25, -0.2) is 0 Å². The number of hydrogen-bond donors (Lipinski definition) is 2. The molecule has 2 N–H and O–H groups in total. The fraction of sp³-hybridized carbons (Fsp3) is 0.923. The first kappa shape index (κ1) is 14.5. The van der Waals surface area contributed by atoms with Crippen molar-refractivity contribution < 1.29 is 9.90 Å². The number of carbonyl (C=O) groups is 1. The molecule has 1 aliphatic rings. The van der Waals surface area contributed by atoms with Gasteiger partial charge in [-0.15, -0.1) is 0 Å². The lowest BCUT2D eigenvalue weighted by Crippen LogP contribution is -2.42. The Morgan fingerprint density at radius 2 is 2.18 bits per heavy atom. The number of aliphatic hydroxyl groups excluding tert-OH is 1. The normalized spacial score (nSPS) is 19.9. The molecule has 0 aliphatic carbocycles. The number of carbonyl (C=O) groups excluding carboxylic acids is 1. The molecule has 0 saturated carbocycles. The van der Waals surface area contributed by atoms with E-state index in [-0.39, 0.29) is 18.6 Å². The van der Waals surface area contributed by atoms with E-state index in [9.17, 15) is 4.79 Å². The molecule has 1 fully saturated rings. The maximum absolute atomic E-state index is 12.2. The Bertz CT molecular complexity index is 223. The minimum Gasteiger partial charge on any atom is -0.395 e. The zero-order chi connectivity index (χ0) is 12.7. The number of nitrogens with zero attached hydrogens (tertiary/aromatic N) is 1. The minimum atomic E-state index is 0.0607. The van der Waals surface area contributed by atoms with E-state index in [1.807, 2.05) is 4.90 Å². The maximum atomic E-state index is 12.2. The van der Waals surface area contributed by atoms with Crippen molar-refractivity contribution in [3.63, 3.8) is 0 Å². The summed E-state index contributed by atoms with van der Waals surface area (Å²) in [5.41, 5.74) is 0. The molecule has 1 rings (SSSR count). The van der Waals surface area contributed by atoms with Crippen molar-refractivity contribution in [2.75, 3.05) is 26.2 Å². The van der Waals surface area contributed by atoms with Gasteiger partial charge in [-0.05, 0) is 38.3 Å². The lowest BCUT2D eigenvalue weighted by molar-refractivity contribution is -0.135. The predicted octanol–water partition coefficient (Wildman–Crippen LogP) is 0.995. The van der Waals surface area contributed by atoms with Crippen molar-refractivity contribution in [1.29, 1.82) is 0 Å². The molecule has 1 amide bonds. The van der Waals surface area contributed by atoms with Gasteiger partial charge in [-0.1, -0.05) is 13.8 Å². The first-order valence-electron chi connectivity index (χ1n) is 6.83. The topological polar surface area (TPSA) is 52.6 Å². The molecule has 1 unspecified atom stereocenters. The Morgan fingerprint density at radius 1 is 1.47 bits per heavy atom. The van der Waals surface area contributed by atoms with Crippen LogP contribution in [0.3, 0.4) is 0 Å². The molecule has 1 heterocycles. The highest BCUT2D eigenvalue weighted by atomic mass is 16.3. The van der Waals surface area contributed by atoms with Crippen LogP contribution >= 0.6 is 0 Å². The van der Waals surface area contributed by atoms with E-state index in [2.05, 4.69) is 19.2 Å². The van der Waals surface area contributed by atoms with Crippen LogP contribution in [0.1, 0.15) is 39.5 Å². The summed E-state index contributed by atoms with van der Waals surface area (Å²) < 4.78 is 0. The summed E-state index contributed by atoms with van der Waals surface area (Å²) in [6.45, 7) is 6.73. The second-order valence-corrected chi connectivity index (χ2v) is 4.84. The van der Waals surface area contributed by atoms with E-state index in [1.54, 1.807) is 0 Å². The lowest BCUT2D eigenvalue weighted by atomic mass is 10.0. The molecule has 4 nitrogen and oxygen atoms in total. The summed E-state index contributed by atoms with van der Waals surface area (Å²) in [4.78, 5) is 14.1. The molecular weight excluding hydrogens is 216 g/mol. The Balaban J connectivity index is 2.52. The molecule has 0 bridgehead atoms. The molecule has 0 radical (unpaired) electrons. The van der Waals surface area contributed by atoms with E-state index in [4.69, 9.17) is 5.11 Å². The van der Waals surface area contributed by atoms with Crippen molar-refractivity contribution in [3.8, 4) is 0 Å². The van der Waals surface area contributed by atoms with Gasteiger partial charge in [-0.2, -0.15) is 0 Å². The molecule has 0 spiro atoms. The maximum Gasteiger partial charge on any atom is 0.223 e. The standard InChI is InChI=1S/C13H26N2O2/c1-3-12(4-2)15(7-8-16)13(17)9-11-5-6-14-10-11/h11-12,14,16H,3-10H2,1-2H3. The van der Waals surface area contributed by atoms with Crippen LogP contribution < -0.4 is 5.32 Å². The first-order chi connectivity index (χ1) is 8.22. The van der Waals surface area contributed by atoms with Crippen molar-refractivity contribution in [1.82, 2.24) is 10.2 Å². The smallest absolute Gasteiger partial charge is 0.223 e. The average Bonchev–Trinajstić information content (AvgIpc) is 2.82. The monoisotopic (exact) mass is 242 g/mol. The van der Waals surface area contributed by atoms with Crippen molar-refractivity contribution in [2.45, 2.75) is 45.6 Å². The van der Waals surface area contributed by atoms with E-state index >= 15 is 0 Å². The Labute approximate surface area is 104 Å².